The van der Waals surface area contributed by atoms with E-state index >= 15 is 0 Å². The van der Waals surface area contributed by atoms with Gasteiger partial charge in [0.05, 0.1) is 6.04 Å². The Balaban J connectivity index is 1.72. The van der Waals surface area contributed by atoms with Gasteiger partial charge < -0.3 is 4.52 Å². The smallest absolute Gasteiger partial charge is 0.276 e. The molecule has 2 aromatic heterocycles. The molecule has 0 N–H and O–H groups in total. The molecule has 0 spiro atoms. The Morgan fingerprint density at radius 1 is 1.21 bits per heavy atom. The minimum atomic E-state index is -3.31. The minimum absolute atomic E-state index is 0.302. The van der Waals surface area contributed by atoms with Crippen LogP contribution in [0.25, 0.3) is 11.6 Å². The number of rotatable bonds is 4. The first kappa shape index (κ1) is 15.8. The molecule has 0 atom stereocenters. The van der Waals surface area contributed by atoms with Crippen molar-refractivity contribution in [2.75, 3.05) is 6.26 Å². The van der Waals surface area contributed by atoms with Gasteiger partial charge in [0.1, 0.15) is 10.4 Å². The van der Waals surface area contributed by atoms with E-state index in [2.05, 4.69) is 15.2 Å². The molecule has 0 aliphatic heterocycles. The summed E-state index contributed by atoms with van der Waals surface area (Å²) in [4.78, 5) is 4.49. The average molecular weight is 350 g/mol. The van der Waals surface area contributed by atoms with Crippen LogP contribution in [0.1, 0.15) is 63.2 Å². The normalized spacial score (nSPS) is 21.5. The number of nitrogens with zero attached hydrogens (tertiary/aromatic N) is 4. The molecule has 4 rings (SSSR count). The van der Waals surface area contributed by atoms with Gasteiger partial charge in [-0.3, -0.25) is 4.68 Å². The zero-order chi connectivity index (χ0) is 16.8. The van der Waals surface area contributed by atoms with Crippen LogP contribution >= 0.6 is 0 Å². The molecule has 7 nitrogen and oxygen atoms in total. The quantitative estimate of drug-likeness (QED) is 0.842. The van der Waals surface area contributed by atoms with Crippen LogP contribution in [0.15, 0.2) is 16.8 Å². The number of hydrogen-bond acceptors (Lipinski definition) is 6. The van der Waals surface area contributed by atoms with Gasteiger partial charge >= 0.3 is 0 Å². The second-order valence-electron chi connectivity index (χ2n) is 7.00. The third-order valence-electron chi connectivity index (χ3n) is 5.51. The second-order valence-corrected chi connectivity index (χ2v) is 9.32. The summed E-state index contributed by atoms with van der Waals surface area (Å²) in [7, 11) is -3.31. The van der Waals surface area contributed by atoms with Gasteiger partial charge in [0.25, 0.3) is 5.89 Å². The maximum Gasteiger partial charge on any atom is 0.276 e. The van der Waals surface area contributed by atoms with Crippen molar-refractivity contribution in [1.82, 2.24) is 19.9 Å². The molecule has 0 aromatic carbocycles. The lowest BCUT2D eigenvalue weighted by Gasteiger charge is -2.22. The lowest BCUT2D eigenvalue weighted by atomic mass is 10.1. The molecule has 2 heterocycles. The SMILES string of the molecule is CS(=O)(=O)C1(c2noc(-c3ccnn3C3CCCC3)n2)CCCC1. The van der Waals surface area contributed by atoms with Gasteiger partial charge in [0, 0.05) is 12.5 Å². The first-order chi connectivity index (χ1) is 11.5. The Bertz CT molecular complexity index is 827. The maximum absolute atomic E-state index is 12.4. The first-order valence-electron chi connectivity index (χ1n) is 8.59. The molecule has 2 aromatic rings. The standard InChI is InChI=1S/C16H22N4O3S/c1-24(21,22)16(9-4-5-10-16)15-18-14(23-19-15)13-8-11-17-20(13)12-6-2-3-7-12/h8,11-12H,2-7,9-10H2,1H3. The molecule has 0 bridgehead atoms. The fourth-order valence-electron chi connectivity index (χ4n) is 4.14. The van der Waals surface area contributed by atoms with Crippen LogP contribution in [0.2, 0.25) is 0 Å². The summed E-state index contributed by atoms with van der Waals surface area (Å²) in [5.74, 6) is 0.668. The molecule has 0 amide bonds. The summed E-state index contributed by atoms with van der Waals surface area (Å²) >= 11 is 0. The lowest BCUT2D eigenvalue weighted by molar-refractivity contribution is 0.396. The third kappa shape index (κ3) is 2.39. The highest BCUT2D eigenvalue weighted by Gasteiger charge is 2.49. The van der Waals surface area contributed by atoms with Gasteiger partial charge in [-0.25, -0.2) is 8.42 Å². The van der Waals surface area contributed by atoms with Gasteiger partial charge in [0.15, 0.2) is 15.7 Å². The average Bonchev–Trinajstić information content (AvgIpc) is 3.31. The van der Waals surface area contributed by atoms with E-state index in [1.807, 2.05) is 10.7 Å². The molecule has 130 valence electrons. The molecular weight excluding hydrogens is 328 g/mol. The second kappa shape index (κ2) is 5.68. The molecule has 2 fully saturated rings. The fourth-order valence-corrected chi connectivity index (χ4v) is 5.59. The highest BCUT2D eigenvalue weighted by atomic mass is 32.2. The van der Waals surface area contributed by atoms with Crippen LogP contribution < -0.4 is 0 Å². The van der Waals surface area contributed by atoms with Gasteiger partial charge in [-0.1, -0.05) is 30.8 Å². The molecule has 8 heteroatoms. The van der Waals surface area contributed by atoms with Crippen molar-refractivity contribution in [3.63, 3.8) is 0 Å². The minimum Gasteiger partial charge on any atom is -0.332 e. The summed E-state index contributed by atoms with van der Waals surface area (Å²) in [6.07, 6.45) is 10.5. The fraction of sp³-hybridized carbons (Fsp3) is 0.688. The van der Waals surface area contributed by atoms with E-state index in [0.29, 0.717) is 30.6 Å². The lowest BCUT2D eigenvalue weighted by Crippen LogP contribution is -2.33. The van der Waals surface area contributed by atoms with E-state index in [-0.39, 0.29) is 0 Å². The maximum atomic E-state index is 12.4. The van der Waals surface area contributed by atoms with E-state index in [9.17, 15) is 8.42 Å². The monoisotopic (exact) mass is 350 g/mol. The molecule has 0 saturated heterocycles. The molecule has 0 unspecified atom stereocenters. The van der Waals surface area contributed by atoms with Crippen molar-refractivity contribution >= 4 is 9.84 Å². The molecule has 0 radical (unpaired) electrons. The number of sulfone groups is 1. The summed E-state index contributed by atoms with van der Waals surface area (Å²) in [6, 6.07) is 2.22. The van der Waals surface area contributed by atoms with Crippen molar-refractivity contribution < 1.29 is 12.9 Å². The predicted octanol–water partition coefficient (Wildman–Crippen LogP) is 2.86. The zero-order valence-electron chi connectivity index (χ0n) is 13.8. The van der Waals surface area contributed by atoms with Crippen molar-refractivity contribution in [2.45, 2.75) is 62.2 Å². The van der Waals surface area contributed by atoms with E-state index in [1.165, 1.54) is 19.1 Å². The molecule has 2 saturated carbocycles. The topological polar surface area (TPSA) is 90.9 Å². The van der Waals surface area contributed by atoms with Gasteiger partial charge in [-0.2, -0.15) is 10.1 Å². The van der Waals surface area contributed by atoms with Crippen molar-refractivity contribution in [3.8, 4) is 11.6 Å². The van der Waals surface area contributed by atoms with Crippen LogP contribution in [-0.4, -0.2) is 34.6 Å². The molecule has 2 aliphatic rings. The van der Waals surface area contributed by atoms with Gasteiger partial charge in [-0.15, -0.1) is 0 Å². The zero-order valence-corrected chi connectivity index (χ0v) is 14.6. The third-order valence-corrected chi connectivity index (χ3v) is 7.52. The van der Waals surface area contributed by atoms with Gasteiger partial charge in [-0.05, 0) is 31.7 Å². The van der Waals surface area contributed by atoms with Crippen molar-refractivity contribution in [2.24, 2.45) is 0 Å². The summed E-state index contributed by atoms with van der Waals surface area (Å²) in [6.45, 7) is 0. The number of aromatic nitrogens is 4. The van der Waals surface area contributed by atoms with Crippen molar-refractivity contribution in [3.05, 3.63) is 18.1 Å². The van der Waals surface area contributed by atoms with Crippen LogP contribution in [0.5, 0.6) is 0 Å². The molecule has 24 heavy (non-hydrogen) atoms. The van der Waals surface area contributed by atoms with Crippen LogP contribution in [0, 0.1) is 0 Å². The van der Waals surface area contributed by atoms with Crippen LogP contribution in [0.4, 0.5) is 0 Å². The summed E-state index contributed by atoms with van der Waals surface area (Å²) < 4.78 is 31.2. The van der Waals surface area contributed by atoms with Crippen molar-refractivity contribution in [1.29, 1.82) is 0 Å². The Kier molecular flexibility index (Phi) is 3.74. The molecule has 2 aliphatic carbocycles. The van der Waals surface area contributed by atoms with E-state index in [4.69, 9.17) is 4.52 Å². The summed E-state index contributed by atoms with van der Waals surface area (Å²) in [5.41, 5.74) is 0.780. The molecular formula is C16H22N4O3S. The van der Waals surface area contributed by atoms with Crippen LogP contribution in [0.3, 0.4) is 0 Å². The predicted molar refractivity (Wildman–Crippen MR) is 88.0 cm³/mol. The van der Waals surface area contributed by atoms with E-state index in [1.54, 1.807) is 6.20 Å². The highest BCUT2D eigenvalue weighted by Crippen LogP contribution is 2.44. The number of hydrogen-bond donors (Lipinski definition) is 0. The van der Waals surface area contributed by atoms with E-state index < -0.39 is 14.6 Å². The van der Waals surface area contributed by atoms with Gasteiger partial charge in [0.2, 0.25) is 0 Å². The Labute approximate surface area is 141 Å². The highest BCUT2D eigenvalue weighted by molar-refractivity contribution is 7.91. The summed E-state index contributed by atoms with van der Waals surface area (Å²) in [5, 5.41) is 8.47. The van der Waals surface area contributed by atoms with Crippen LogP contribution in [-0.2, 0) is 14.6 Å². The largest absolute Gasteiger partial charge is 0.332 e. The van der Waals surface area contributed by atoms with E-state index in [0.717, 1.165) is 31.4 Å². The Morgan fingerprint density at radius 2 is 1.92 bits per heavy atom. The Hall–Kier alpha value is -1.70. The first-order valence-corrected chi connectivity index (χ1v) is 10.5. The Morgan fingerprint density at radius 3 is 2.58 bits per heavy atom.